The van der Waals surface area contributed by atoms with Crippen LogP contribution >= 0.6 is 0 Å². The number of benzene rings is 1. The summed E-state index contributed by atoms with van der Waals surface area (Å²) < 4.78 is 6.30. The fourth-order valence-corrected chi connectivity index (χ4v) is 3.70. The van der Waals surface area contributed by atoms with Crippen molar-refractivity contribution in [3.63, 3.8) is 0 Å². The van der Waals surface area contributed by atoms with Crippen LogP contribution < -0.4 is 10.1 Å². The van der Waals surface area contributed by atoms with Crippen molar-refractivity contribution in [3.8, 4) is 5.75 Å². The quantitative estimate of drug-likeness (QED) is 0.880. The molecule has 0 radical (unpaired) electrons. The molecular weight excluding hydrogens is 258 g/mol. The third-order valence-corrected chi connectivity index (χ3v) is 5.42. The van der Waals surface area contributed by atoms with E-state index in [2.05, 4.69) is 44.3 Å². The van der Waals surface area contributed by atoms with Crippen LogP contribution in [0.1, 0.15) is 57.6 Å². The van der Waals surface area contributed by atoms with Crippen LogP contribution in [0.3, 0.4) is 0 Å². The Kier molecular flexibility index (Phi) is 4.26. The van der Waals surface area contributed by atoms with Crippen molar-refractivity contribution in [1.29, 1.82) is 0 Å². The number of hydrogen-bond acceptors (Lipinski definition) is 2. The van der Waals surface area contributed by atoms with Crippen LogP contribution in [-0.4, -0.2) is 18.7 Å². The fourth-order valence-electron chi connectivity index (χ4n) is 3.70. The first-order valence-corrected chi connectivity index (χ1v) is 8.63. The molecular formula is C19H29NO. The Morgan fingerprint density at radius 1 is 1.19 bits per heavy atom. The second kappa shape index (κ2) is 6.00. The molecule has 1 saturated carbocycles. The molecule has 0 aliphatic heterocycles. The summed E-state index contributed by atoms with van der Waals surface area (Å²) in [5.74, 6) is 1.07. The van der Waals surface area contributed by atoms with Crippen LogP contribution in [0.4, 0.5) is 0 Å². The summed E-state index contributed by atoms with van der Waals surface area (Å²) >= 11 is 0. The largest absolute Gasteiger partial charge is 0.490 e. The molecule has 2 atom stereocenters. The maximum atomic E-state index is 6.30. The number of ether oxygens (including phenoxy) is 1. The summed E-state index contributed by atoms with van der Waals surface area (Å²) in [6.07, 6.45) is 7.80. The van der Waals surface area contributed by atoms with E-state index in [1.807, 2.05) is 0 Å². The summed E-state index contributed by atoms with van der Waals surface area (Å²) in [5.41, 5.74) is 3.27. The monoisotopic (exact) mass is 287 g/mol. The highest BCUT2D eigenvalue weighted by molar-refractivity contribution is 5.37. The van der Waals surface area contributed by atoms with Crippen LogP contribution in [-0.2, 0) is 12.8 Å². The Morgan fingerprint density at radius 2 is 1.95 bits per heavy atom. The molecule has 1 fully saturated rings. The zero-order valence-electron chi connectivity index (χ0n) is 13.7. The lowest BCUT2D eigenvalue weighted by atomic mass is 9.64. The van der Waals surface area contributed by atoms with Crippen LogP contribution in [0.15, 0.2) is 18.2 Å². The first-order valence-electron chi connectivity index (χ1n) is 8.63. The minimum Gasteiger partial charge on any atom is -0.490 e. The summed E-state index contributed by atoms with van der Waals surface area (Å²) in [6.45, 7) is 7.99. The van der Waals surface area contributed by atoms with Gasteiger partial charge < -0.3 is 10.1 Å². The van der Waals surface area contributed by atoms with E-state index < -0.39 is 0 Å². The molecule has 1 aromatic carbocycles. The van der Waals surface area contributed by atoms with Crippen molar-refractivity contribution in [1.82, 2.24) is 5.32 Å². The number of fused-ring (bicyclic) bond motifs is 1. The van der Waals surface area contributed by atoms with E-state index in [9.17, 15) is 0 Å². The van der Waals surface area contributed by atoms with Gasteiger partial charge in [-0.2, -0.15) is 0 Å². The standard InChI is InChI=1S/C19H29NO/c1-4-11-20-17-13-18(19(17,2)3)21-16-10-9-14-7-5-6-8-15(14)12-16/h9-10,12,17-18,20H,4-8,11,13H2,1-3H3. The Morgan fingerprint density at radius 3 is 2.67 bits per heavy atom. The first kappa shape index (κ1) is 14.9. The Hall–Kier alpha value is -1.02. The number of hydrogen-bond donors (Lipinski definition) is 1. The molecule has 2 heteroatoms. The highest BCUT2D eigenvalue weighted by atomic mass is 16.5. The smallest absolute Gasteiger partial charge is 0.120 e. The van der Waals surface area contributed by atoms with Crippen LogP contribution in [0.5, 0.6) is 5.75 Å². The molecule has 2 unspecified atom stereocenters. The third kappa shape index (κ3) is 2.96. The predicted molar refractivity (Wildman–Crippen MR) is 88.0 cm³/mol. The van der Waals surface area contributed by atoms with Crippen molar-refractivity contribution in [2.24, 2.45) is 5.41 Å². The molecule has 0 saturated heterocycles. The number of nitrogens with one attached hydrogen (secondary N) is 1. The minimum absolute atomic E-state index is 0.227. The molecule has 3 rings (SSSR count). The zero-order valence-corrected chi connectivity index (χ0v) is 13.7. The maximum Gasteiger partial charge on any atom is 0.120 e. The van der Waals surface area contributed by atoms with Gasteiger partial charge in [0.25, 0.3) is 0 Å². The van der Waals surface area contributed by atoms with E-state index in [1.165, 1.54) is 43.2 Å². The molecule has 1 N–H and O–H groups in total. The van der Waals surface area contributed by atoms with Gasteiger partial charge in [0.1, 0.15) is 11.9 Å². The lowest BCUT2D eigenvalue weighted by Gasteiger charge is -2.51. The fraction of sp³-hybridized carbons (Fsp3) is 0.684. The van der Waals surface area contributed by atoms with E-state index in [-0.39, 0.29) is 5.41 Å². The SMILES string of the molecule is CCCNC1CC(Oc2ccc3c(c2)CCCC3)C1(C)C. The van der Waals surface area contributed by atoms with Crippen molar-refractivity contribution in [2.75, 3.05) is 6.54 Å². The molecule has 2 aliphatic rings. The van der Waals surface area contributed by atoms with Gasteiger partial charge in [-0.15, -0.1) is 0 Å². The van der Waals surface area contributed by atoms with E-state index in [1.54, 1.807) is 0 Å². The Bertz CT molecular complexity index is 494. The molecule has 0 heterocycles. The van der Waals surface area contributed by atoms with Gasteiger partial charge in [-0.05, 0) is 61.9 Å². The minimum atomic E-state index is 0.227. The Balaban J connectivity index is 1.62. The summed E-state index contributed by atoms with van der Waals surface area (Å²) in [4.78, 5) is 0. The van der Waals surface area contributed by atoms with E-state index in [0.717, 1.165) is 18.7 Å². The summed E-state index contributed by atoms with van der Waals surface area (Å²) in [5, 5.41) is 3.64. The van der Waals surface area contributed by atoms with Crippen LogP contribution in [0.2, 0.25) is 0 Å². The Labute approximate surface area is 129 Å². The lowest BCUT2D eigenvalue weighted by Crippen LogP contribution is -2.62. The van der Waals surface area contributed by atoms with Crippen LogP contribution in [0, 0.1) is 5.41 Å². The van der Waals surface area contributed by atoms with Crippen LogP contribution in [0.25, 0.3) is 0 Å². The second-order valence-corrected chi connectivity index (χ2v) is 7.31. The average Bonchev–Trinajstić information content (AvgIpc) is 2.50. The second-order valence-electron chi connectivity index (χ2n) is 7.31. The van der Waals surface area contributed by atoms with E-state index >= 15 is 0 Å². The third-order valence-electron chi connectivity index (χ3n) is 5.42. The lowest BCUT2D eigenvalue weighted by molar-refractivity contribution is -0.0546. The van der Waals surface area contributed by atoms with Gasteiger partial charge in [-0.1, -0.05) is 26.8 Å². The van der Waals surface area contributed by atoms with Crippen molar-refractivity contribution in [3.05, 3.63) is 29.3 Å². The topological polar surface area (TPSA) is 21.3 Å². The van der Waals surface area contributed by atoms with Gasteiger partial charge in [0.2, 0.25) is 0 Å². The molecule has 1 aromatic rings. The van der Waals surface area contributed by atoms with Gasteiger partial charge in [-0.25, -0.2) is 0 Å². The summed E-state index contributed by atoms with van der Waals surface area (Å²) in [7, 11) is 0. The summed E-state index contributed by atoms with van der Waals surface area (Å²) in [6, 6.07) is 7.34. The molecule has 0 amide bonds. The molecule has 0 aromatic heterocycles. The predicted octanol–water partition coefficient (Wildman–Crippen LogP) is 4.11. The molecule has 0 bridgehead atoms. The highest BCUT2D eigenvalue weighted by Crippen LogP contribution is 2.43. The first-order chi connectivity index (χ1) is 10.1. The number of rotatable bonds is 5. The number of aryl methyl sites for hydroxylation is 2. The molecule has 2 nitrogen and oxygen atoms in total. The van der Waals surface area contributed by atoms with Gasteiger partial charge in [0.05, 0.1) is 0 Å². The molecule has 116 valence electrons. The van der Waals surface area contributed by atoms with Crippen molar-refractivity contribution >= 4 is 0 Å². The maximum absolute atomic E-state index is 6.30. The normalized spacial score (nSPS) is 26.8. The molecule has 21 heavy (non-hydrogen) atoms. The molecule has 2 aliphatic carbocycles. The van der Waals surface area contributed by atoms with E-state index in [0.29, 0.717) is 12.1 Å². The van der Waals surface area contributed by atoms with Gasteiger partial charge >= 0.3 is 0 Å². The zero-order chi connectivity index (χ0) is 14.9. The van der Waals surface area contributed by atoms with Gasteiger partial charge in [0.15, 0.2) is 0 Å². The van der Waals surface area contributed by atoms with Gasteiger partial charge in [-0.3, -0.25) is 0 Å². The van der Waals surface area contributed by atoms with E-state index in [4.69, 9.17) is 4.74 Å². The van der Waals surface area contributed by atoms with Crippen molar-refractivity contribution < 1.29 is 4.74 Å². The van der Waals surface area contributed by atoms with Gasteiger partial charge in [0, 0.05) is 17.9 Å². The molecule has 0 spiro atoms. The average molecular weight is 287 g/mol. The van der Waals surface area contributed by atoms with Crippen molar-refractivity contribution in [2.45, 2.75) is 71.4 Å². The highest BCUT2D eigenvalue weighted by Gasteiger charge is 2.49.